The largest absolute Gasteiger partial charge is 2.00 e. The van der Waals surface area contributed by atoms with Gasteiger partial charge in [0.25, 0.3) is 0 Å². The molecule has 0 unspecified atom stereocenters. The second kappa shape index (κ2) is 59.9. The molecular weight excluding hydrogens is 449 g/mol. The minimum absolute atomic E-state index is 0. The fourth-order valence-corrected chi connectivity index (χ4v) is 0. The Morgan fingerprint density at radius 2 is 0.444 bits per heavy atom. The van der Waals surface area contributed by atoms with Crippen molar-refractivity contribution in [2.75, 3.05) is 0 Å². The van der Waals surface area contributed by atoms with Crippen LogP contribution in [0.2, 0.25) is 0 Å². The van der Waals surface area contributed by atoms with Crippen LogP contribution < -0.4 is 0 Å². The van der Waals surface area contributed by atoms with Crippen molar-refractivity contribution in [1.82, 2.24) is 0 Å². The summed E-state index contributed by atoms with van der Waals surface area (Å²) in [5.74, 6) is 0. The normalized spacial score (nSPS) is 0. The molecule has 0 saturated carbocycles. The fraction of sp³-hybridized carbons (Fsp3) is 0. The predicted octanol–water partition coefficient (Wildman–Crippen LogP) is -0.482. The van der Waals surface area contributed by atoms with Gasteiger partial charge < -0.3 is 8.56 Å². The smallest absolute Gasteiger partial charge is 1.00 e. The molecule has 9 heteroatoms. The molecule has 0 rings (SSSR count). The van der Waals surface area contributed by atoms with Gasteiger partial charge >= 0.3 is 113 Å². The molecule has 0 nitrogen and oxygen atoms in total. The summed E-state index contributed by atoms with van der Waals surface area (Å²) in [4.78, 5) is 0. The minimum Gasteiger partial charge on any atom is -1.00 e. The van der Waals surface area contributed by atoms with Crippen LogP contribution >= 0.6 is 0 Å². The Morgan fingerprint density at radius 1 is 0.444 bits per heavy atom. The molecule has 0 aromatic heterocycles. The van der Waals surface area contributed by atoms with Gasteiger partial charge in [0.1, 0.15) is 0 Å². The van der Waals surface area contributed by atoms with Crippen molar-refractivity contribution in [2.24, 2.45) is 0 Å². The van der Waals surface area contributed by atoms with E-state index in [1.807, 2.05) is 0 Å². The molecule has 0 aromatic carbocycles. The molecule has 0 spiro atoms. The summed E-state index contributed by atoms with van der Waals surface area (Å²) in [6, 6.07) is 0. The van der Waals surface area contributed by atoms with Crippen LogP contribution in [0, 0.1) is 0 Å². The fourth-order valence-electron chi connectivity index (χ4n) is 0. The van der Waals surface area contributed by atoms with Crippen LogP contribution in [0.3, 0.4) is 0 Å². The molecule has 0 aliphatic carbocycles. The van der Waals surface area contributed by atoms with Crippen LogP contribution in [0.25, 0.3) is 0 Å². The molecule has 0 saturated heterocycles. The van der Waals surface area contributed by atoms with Crippen LogP contribution in [0.5, 0.6) is 0 Å². The van der Waals surface area contributed by atoms with Crippen molar-refractivity contribution in [3.63, 3.8) is 0 Å². The van der Waals surface area contributed by atoms with E-state index in [-0.39, 0.29) is 227 Å². The molecule has 0 aliphatic rings. The van der Waals surface area contributed by atoms with E-state index in [2.05, 4.69) is 0 Å². The van der Waals surface area contributed by atoms with Gasteiger partial charge in [-0.05, 0) is 0 Å². The van der Waals surface area contributed by atoms with E-state index in [0.717, 1.165) is 0 Å². The predicted molar refractivity (Wildman–Crippen MR) is 23.9 cm³/mol. The zero-order valence-corrected chi connectivity index (χ0v) is 18.2. The van der Waals surface area contributed by atoms with E-state index in [1.54, 1.807) is 0 Å². The van der Waals surface area contributed by atoms with Crippen LogP contribution in [0.4, 0.5) is 0 Å². The van der Waals surface area contributed by atoms with Crippen LogP contribution in [-0.2, 0) is 105 Å². The third kappa shape index (κ3) is 51.7. The topological polar surface area (TPSA) is 0 Å². The van der Waals surface area contributed by atoms with E-state index < -0.39 is 0 Å². The molecule has 0 N–H and O–H groups in total. The Kier molecular flexibility index (Phi) is 489. The van der Waals surface area contributed by atoms with Crippen molar-refractivity contribution in [1.29, 1.82) is 0 Å². The average molecular weight is 455 g/mol. The monoisotopic (exact) mass is 453 g/mol. The summed E-state index contributed by atoms with van der Waals surface area (Å²) in [5.41, 5.74) is 0. The van der Waals surface area contributed by atoms with Crippen molar-refractivity contribution in [2.45, 2.75) is 0 Å². The Hall–Kier alpha value is 7.01. The molecule has 57 valence electrons. The Labute approximate surface area is 221 Å². The number of hydrogen-bond acceptors (Lipinski definition) is 0. The van der Waals surface area contributed by atoms with Crippen molar-refractivity contribution in [3.05, 3.63) is 0 Å². The van der Waals surface area contributed by atoms with Gasteiger partial charge in [0.2, 0.25) is 0 Å². The van der Waals surface area contributed by atoms with Gasteiger partial charge in [0.05, 0.1) is 0 Å². The van der Waals surface area contributed by atoms with Crippen LogP contribution in [-0.4, -0.2) is 113 Å². The van der Waals surface area contributed by atoms with Gasteiger partial charge in [-0.1, -0.05) is 0 Å². The summed E-state index contributed by atoms with van der Waals surface area (Å²) < 4.78 is 0. The third-order valence-electron chi connectivity index (χ3n) is 0. The third-order valence-corrected chi connectivity index (χ3v) is 0. The quantitative estimate of drug-likeness (QED) is 0.434. The molecule has 0 atom stereocenters. The summed E-state index contributed by atoms with van der Waals surface area (Å²) in [5, 5.41) is 0. The van der Waals surface area contributed by atoms with Gasteiger partial charge in [-0.15, -0.1) is 0 Å². The first-order valence-corrected chi connectivity index (χ1v) is 0. The average Bonchev–Trinajstić information content (AvgIpc) is 0. The Morgan fingerprint density at radius 3 is 0.444 bits per heavy atom. The summed E-state index contributed by atoms with van der Waals surface area (Å²) >= 11 is 0. The van der Waals surface area contributed by atoms with Gasteiger partial charge in [-0.3, -0.25) is 0 Å². The maximum Gasteiger partial charge on any atom is 2.00 e. The van der Waals surface area contributed by atoms with Crippen molar-refractivity contribution < 1.29 is 114 Å². The van der Waals surface area contributed by atoms with E-state index >= 15 is 0 Å². The first-order valence-electron chi connectivity index (χ1n) is 0. The Balaban J connectivity index is 0. The SMILES string of the molecule is [Ca+2].[Ca+2].[Ca+2].[H-].[H-].[H-].[H-].[H-].[H-].[Ni].[Ni].[Ni].[V].[V].[V]. The molecular formula is H6Ca3Ni3V3. The number of hydrogen-bond donors (Lipinski definition) is 0. The van der Waals surface area contributed by atoms with Crippen LogP contribution in [0.15, 0.2) is 0 Å². The van der Waals surface area contributed by atoms with E-state index in [0.29, 0.717) is 0 Å². The summed E-state index contributed by atoms with van der Waals surface area (Å²) in [7, 11) is 0. The number of rotatable bonds is 0. The first-order chi connectivity index (χ1) is 0. The van der Waals surface area contributed by atoms with E-state index in [9.17, 15) is 0 Å². The molecule has 3 radical (unpaired) electrons. The molecule has 9 heavy (non-hydrogen) atoms. The second-order valence-corrected chi connectivity index (χ2v) is 0. The standard InChI is InChI=1S/3Ca.3Ni.3V.6H/q3*+2;;;;;;;6*-1. The zero-order chi connectivity index (χ0) is 0. The summed E-state index contributed by atoms with van der Waals surface area (Å²) in [6.07, 6.45) is 0. The molecule has 0 aromatic rings. The Bertz CT molecular complexity index is 28.8. The van der Waals surface area contributed by atoms with E-state index in [1.165, 1.54) is 0 Å². The minimum atomic E-state index is 0. The van der Waals surface area contributed by atoms with Gasteiger partial charge in [-0.25, -0.2) is 0 Å². The molecule has 0 heterocycles. The maximum absolute atomic E-state index is 0. The van der Waals surface area contributed by atoms with Gasteiger partial charge in [-0.2, -0.15) is 0 Å². The van der Waals surface area contributed by atoms with Gasteiger partial charge in [0, 0.05) is 105 Å². The zero-order valence-electron chi connectivity index (χ0n) is 10.4. The molecule has 0 aliphatic heterocycles. The first kappa shape index (κ1) is 73.4. The van der Waals surface area contributed by atoms with Crippen molar-refractivity contribution in [3.8, 4) is 0 Å². The van der Waals surface area contributed by atoms with Crippen molar-refractivity contribution >= 4 is 113 Å². The van der Waals surface area contributed by atoms with Crippen LogP contribution in [0.1, 0.15) is 8.56 Å². The second-order valence-electron chi connectivity index (χ2n) is 0. The molecule has 0 amide bonds. The van der Waals surface area contributed by atoms with Gasteiger partial charge in [0.15, 0.2) is 0 Å². The van der Waals surface area contributed by atoms with E-state index in [4.69, 9.17) is 0 Å². The molecule has 0 bridgehead atoms. The maximum atomic E-state index is 0. The molecule has 0 fully saturated rings. The summed E-state index contributed by atoms with van der Waals surface area (Å²) in [6.45, 7) is 0.